The van der Waals surface area contributed by atoms with E-state index < -0.39 is 0 Å². The Hall–Kier alpha value is -0.480. The third-order valence-electron chi connectivity index (χ3n) is 3.54. The molecule has 112 valence electrons. The number of nitrogens with zero attached hydrogens (tertiary/aromatic N) is 1. The van der Waals surface area contributed by atoms with Crippen LogP contribution in [0.2, 0.25) is 10.0 Å². The maximum Gasteiger partial charge on any atom is 0.226 e. The monoisotopic (exact) mass is 336 g/mol. The number of halogens is 3. The third-order valence-corrected chi connectivity index (χ3v) is 4.11. The van der Waals surface area contributed by atoms with Crippen molar-refractivity contribution in [3.63, 3.8) is 0 Å². The Labute approximate surface area is 136 Å². The molecule has 6 heteroatoms. The molecule has 1 aromatic carbocycles. The van der Waals surface area contributed by atoms with Gasteiger partial charge in [0.1, 0.15) is 0 Å². The number of carbonyl (C=O) groups excluding carboxylic acids is 1. The second-order valence-corrected chi connectivity index (χ2v) is 5.82. The molecule has 0 aromatic heterocycles. The molecule has 0 radical (unpaired) electrons. The molecular weight excluding hydrogens is 319 g/mol. The van der Waals surface area contributed by atoms with E-state index in [1.807, 2.05) is 26.2 Å². The Balaban J connectivity index is 0.00000200. The molecule has 0 aliphatic heterocycles. The molecule has 1 amide bonds. The van der Waals surface area contributed by atoms with Gasteiger partial charge in [-0.2, -0.15) is 0 Å². The van der Waals surface area contributed by atoms with Gasteiger partial charge in [0, 0.05) is 36.1 Å². The summed E-state index contributed by atoms with van der Waals surface area (Å²) in [5, 5.41) is 4.33. The van der Waals surface area contributed by atoms with E-state index in [1.165, 1.54) is 0 Å². The molecule has 1 saturated carbocycles. The normalized spacial score (nSPS) is 20.2. The summed E-state index contributed by atoms with van der Waals surface area (Å²) in [6.45, 7) is 1.54. The second kappa shape index (κ2) is 7.51. The van der Waals surface area contributed by atoms with E-state index in [1.54, 1.807) is 11.0 Å². The molecular formula is C14H19Cl3N2O. The predicted molar refractivity (Wildman–Crippen MR) is 86.1 cm³/mol. The van der Waals surface area contributed by atoms with Crippen molar-refractivity contribution in [1.29, 1.82) is 0 Å². The van der Waals surface area contributed by atoms with Crippen molar-refractivity contribution in [1.82, 2.24) is 10.2 Å². The van der Waals surface area contributed by atoms with Gasteiger partial charge in [0.25, 0.3) is 0 Å². The average Bonchev–Trinajstić information content (AvgIpc) is 3.15. The zero-order valence-corrected chi connectivity index (χ0v) is 13.9. The van der Waals surface area contributed by atoms with E-state index in [2.05, 4.69) is 5.32 Å². The van der Waals surface area contributed by atoms with E-state index in [-0.39, 0.29) is 30.2 Å². The number of rotatable bonds is 5. The van der Waals surface area contributed by atoms with Crippen LogP contribution in [0.4, 0.5) is 0 Å². The van der Waals surface area contributed by atoms with Crippen molar-refractivity contribution in [2.75, 3.05) is 27.2 Å². The first-order chi connectivity index (χ1) is 9.04. The van der Waals surface area contributed by atoms with Crippen LogP contribution < -0.4 is 5.32 Å². The highest BCUT2D eigenvalue weighted by atomic mass is 35.5. The SMILES string of the molecule is CNCCN(C)C(=O)C1CC1c1ccc(Cl)cc1Cl.Cl. The number of carbonyl (C=O) groups is 1. The van der Waals surface area contributed by atoms with Gasteiger partial charge >= 0.3 is 0 Å². The summed E-state index contributed by atoms with van der Waals surface area (Å²) in [6.07, 6.45) is 0.879. The second-order valence-electron chi connectivity index (χ2n) is 4.98. The zero-order valence-electron chi connectivity index (χ0n) is 11.5. The molecule has 0 spiro atoms. The first-order valence-electron chi connectivity index (χ1n) is 6.39. The van der Waals surface area contributed by atoms with Gasteiger partial charge in [0.15, 0.2) is 0 Å². The van der Waals surface area contributed by atoms with Crippen molar-refractivity contribution < 1.29 is 4.79 Å². The number of likely N-dealkylation sites (N-methyl/N-ethyl adjacent to an activating group) is 2. The smallest absolute Gasteiger partial charge is 0.226 e. The van der Waals surface area contributed by atoms with Gasteiger partial charge < -0.3 is 10.2 Å². The highest BCUT2D eigenvalue weighted by molar-refractivity contribution is 6.35. The van der Waals surface area contributed by atoms with Crippen molar-refractivity contribution in [3.05, 3.63) is 33.8 Å². The summed E-state index contributed by atoms with van der Waals surface area (Å²) in [6, 6.07) is 5.49. The Bertz CT molecular complexity index is 481. The Morgan fingerprint density at radius 1 is 1.45 bits per heavy atom. The van der Waals surface area contributed by atoms with Crippen LogP contribution in [-0.2, 0) is 4.79 Å². The molecule has 1 aliphatic carbocycles. The van der Waals surface area contributed by atoms with Gasteiger partial charge in [-0.25, -0.2) is 0 Å². The van der Waals surface area contributed by atoms with Crippen LogP contribution in [-0.4, -0.2) is 38.0 Å². The van der Waals surface area contributed by atoms with Crippen LogP contribution in [0.1, 0.15) is 17.9 Å². The number of benzene rings is 1. The van der Waals surface area contributed by atoms with Crippen LogP contribution in [0.25, 0.3) is 0 Å². The molecule has 3 nitrogen and oxygen atoms in total. The number of nitrogens with one attached hydrogen (secondary N) is 1. The minimum Gasteiger partial charge on any atom is -0.344 e. The third kappa shape index (κ3) is 4.01. The highest BCUT2D eigenvalue weighted by Gasteiger charge is 2.45. The molecule has 1 fully saturated rings. The van der Waals surface area contributed by atoms with Gasteiger partial charge in [-0.1, -0.05) is 29.3 Å². The van der Waals surface area contributed by atoms with Gasteiger partial charge in [0.05, 0.1) is 0 Å². The molecule has 1 N–H and O–H groups in total. The Morgan fingerprint density at radius 2 is 2.15 bits per heavy atom. The van der Waals surface area contributed by atoms with Gasteiger partial charge in [-0.3, -0.25) is 4.79 Å². The van der Waals surface area contributed by atoms with E-state index in [9.17, 15) is 4.79 Å². The minimum atomic E-state index is 0. The van der Waals surface area contributed by atoms with E-state index >= 15 is 0 Å². The van der Waals surface area contributed by atoms with Crippen molar-refractivity contribution >= 4 is 41.5 Å². The summed E-state index contributed by atoms with van der Waals surface area (Å²) in [4.78, 5) is 14.0. The lowest BCUT2D eigenvalue weighted by Crippen LogP contribution is -2.34. The van der Waals surface area contributed by atoms with Gasteiger partial charge in [-0.15, -0.1) is 12.4 Å². The number of amides is 1. The quantitative estimate of drug-likeness (QED) is 0.895. The molecule has 1 aromatic rings. The standard InChI is InChI=1S/C14H18Cl2N2O.ClH/c1-17-5-6-18(2)14(19)12-8-11(12)10-4-3-9(15)7-13(10)16;/h3-4,7,11-12,17H,5-6,8H2,1-2H3;1H. The molecule has 2 unspecified atom stereocenters. The molecule has 0 heterocycles. The molecule has 0 bridgehead atoms. The summed E-state index contributed by atoms with van der Waals surface area (Å²) in [7, 11) is 3.73. The van der Waals surface area contributed by atoms with Crippen molar-refractivity contribution in [2.45, 2.75) is 12.3 Å². The Kier molecular flexibility index (Phi) is 6.59. The summed E-state index contributed by atoms with van der Waals surface area (Å²) in [5.74, 6) is 0.515. The molecule has 2 rings (SSSR count). The van der Waals surface area contributed by atoms with Crippen LogP contribution >= 0.6 is 35.6 Å². The summed E-state index contributed by atoms with van der Waals surface area (Å²) in [5.41, 5.74) is 1.03. The van der Waals surface area contributed by atoms with Crippen LogP contribution in [0.3, 0.4) is 0 Å². The van der Waals surface area contributed by atoms with Crippen LogP contribution in [0, 0.1) is 5.92 Å². The number of hydrogen-bond acceptors (Lipinski definition) is 2. The fourth-order valence-corrected chi connectivity index (χ4v) is 2.84. The summed E-state index contributed by atoms with van der Waals surface area (Å²) < 4.78 is 0. The first kappa shape index (κ1) is 17.6. The fraction of sp³-hybridized carbons (Fsp3) is 0.500. The van der Waals surface area contributed by atoms with Crippen LogP contribution in [0.15, 0.2) is 18.2 Å². The Morgan fingerprint density at radius 3 is 2.75 bits per heavy atom. The van der Waals surface area contributed by atoms with E-state index in [0.29, 0.717) is 10.0 Å². The minimum absolute atomic E-state index is 0. The predicted octanol–water partition coefficient (Wildman–Crippen LogP) is 3.20. The van der Waals surface area contributed by atoms with E-state index in [0.717, 1.165) is 25.1 Å². The topological polar surface area (TPSA) is 32.3 Å². The maximum absolute atomic E-state index is 12.2. The fourth-order valence-electron chi connectivity index (χ4n) is 2.29. The lowest BCUT2D eigenvalue weighted by Gasteiger charge is -2.17. The molecule has 2 atom stereocenters. The highest BCUT2D eigenvalue weighted by Crippen LogP contribution is 2.50. The lowest BCUT2D eigenvalue weighted by molar-refractivity contribution is -0.131. The number of hydrogen-bond donors (Lipinski definition) is 1. The first-order valence-corrected chi connectivity index (χ1v) is 7.14. The average molecular weight is 338 g/mol. The summed E-state index contributed by atoms with van der Waals surface area (Å²) >= 11 is 12.1. The van der Waals surface area contributed by atoms with Crippen molar-refractivity contribution in [2.24, 2.45) is 5.92 Å². The largest absolute Gasteiger partial charge is 0.344 e. The van der Waals surface area contributed by atoms with Gasteiger partial charge in [0.2, 0.25) is 5.91 Å². The zero-order chi connectivity index (χ0) is 14.0. The molecule has 1 aliphatic rings. The van der Waals surface area contributed by atoms with E-state index in [4.69, 9.17) is 23.2 Å². The molecule has 0 saturated heterocycles. The van der Waals surface area contributed by atoms with Crippen molar-refractivity contribution in [3.8, 4) is 0 Å². The lowest BCUT2D eigenvalue weighted by atomic mass is 10.1. The molecule has 20 heavy (non-hydrogen) atoms. The maximum atomic E-state index is 12.2. The van der Waals surface area contributed by atoms with Gasteiger partial charge in [-0.05, 0) is 37.1 Å². The van der Waals surface area contributed by atoms with Crippen LogP contribution in [0.5, 0.6) is 0 Å².